The van der Waals surface area contributed by atoms with E-state index in [4.69, 9.17) is 33.0 Å². The zero-order chi connectivity index (χ0) is 48.4. The third-order valence-electron chi connectivity index (χ3n) is 10.3. The fraction of sp³-hybridized carbons (Fsp3) is 0.306. The highest BCUT2D eigenvalue weighted by atomic mass is 35.5. The SMILES string of the molecule is CC(/C=C1\Oc2ccc(Cl)cc2N1Cc1ccccc1S(=O)(=O)O)=c1/c(=O)n(C2CCS(=O)(=O)C2)/c(=c2\o/c(=C3/SC(=S)N(CCS(=O)(=O)O)C3=O)n(CCS(=O)(=O)O)c2=O)n1CC(=O)O. The van der Waals surface area contributed by atoms with Crippen LogP contribution >= 0.6 is 35.6 Å². The number of benzene rings is 2. The molecule has 2 aromatic carbocycles. The van der Waals surface area contributed by atoms with Gasteiger partial charge in [-0.25, -0.2) is 8.42 Å². The Morgan fingerprint density at radius 1 is 0.955 bits per heavy atom. The molecule has 0 bridgehead atoms. The first-order valence-electron chi connectivity index (χ1n) is 18.8. The van der Waals surface area contributed by atoms with Crippen molar-refractivity contribution in [1.82, 2.24) is 18.6 Å². The molecule has 4 N–H and O–H groups in total. The fourth-order valence-electron chi connectivity index (χ4n) is 7.49. The number of oxazole rings is 1. The van der Waals surface area contributed by atoms with Crippen molar-refractivity contribution < 1.29 is 71.2 Å². The average molecular weight is 1050 g/mol. The van der Waals surface area contributed by atoms with Crippen molar-refractivity contribution in [1.29, 1.82) is 0 Å². The molecule has 2 aromatic heterocycles. The minimum absolute atomic E-state index is 0.0827. The number of aliphatic carboxylic acids is 1. The summed E-state index contributed by atoms with van der Waals surface area (Å²) in [5, 5.41) is 10.0. The molecule has 7 rings (SSSR count). The van der Waals surface area contributed by atoms with Gasteiger partial charge in [0.15, 0.2) is 21.1 Å². The number of halogens is 1. The first-order valence-corrected chi connectivity index (χ1v) is 26.9. The van der Waals surface area contributed by atoms with Crippen LogP contribution in [0.2, 0.25) is 5.02 Å². The number of anilines is 1. The van der Waals surface area contributed by atoms with Crippen LogP contribution in [0.3, 0.4) is 0 Å². The highest BCUT2D eigenvalue weighted by Gasteiger charge is 2.37. The molecule has 2 saturated heterocycles. The molecule has 30 heteroatoms. The maximum absolute atomic E-state index is 14.9. The van der Waals surface area contributed by atoms with Crippen LogP contribution in [0.1, 0.15) is 24.9 Å². The second kappa shape index (κ2) is 17.8. The van der Waals surface area contributed by atoms with Crippen molar-refractivity contribution in [3.8, 4) is 5.75 Å². The molecule has 0 spiro atoms. The van der Waals surface area contributed by atoms with Gasteiger partial charge in [0.25, 0.3) is 47.4 Å². The Balaban J connectivity index is 1.58. The van der Waals surface area contributed by atoms with Crippen LogP contribution in [0.25, 0.3) is 10.5 Å². The van der Waals surface area contributed by atoms with E-state index in [1.807, 2.05) is 0 Å². The van der Waals surface area contributed by atoms with Gasteiger partial charge in [0.2, 0.25) is 16.8 Å². The number of carboxylic acid groups (broad SMARTS) is 1. The Labute approximate surface area is 387 Å². The number of sulfone groups is 1. The molecule has 2 fully saturated rings. The monoisotopic (exact) mass is 1050 g/mol. The number of imidazole rings is 1. The lowest BCUT2D eigenvalue weighted by Crippen LogP contribution is -2.36. The number of carboxylic acids is 1. The van der Waals surface area contributed by atoms with E-state index < -0.39 is 143 Å². The second-order valence-electron chi connectivity index (χ2n) is 14.9. The van der Waals surface area contributed by atoms with Crippen LogP contribution in [0.15, 0.2) is 73.3 Å². The zero-order valence-corrected chi connectivity index (χ0v) is 39.3. The summed E-state index contributed by atoms with van der Waals surface area (Å²) in [6, 6.07) is 8.66. The topological polar surface area (TPSA) is 329 Å². The quantitative estimate of drug-likeness (QED) is 0.100. The number of allylic oxidation sites excluding steroid dienone is 1. The number of amides is 1. The number of thioether (sulfide) groups is 1. The van der Waals surface area contributed by atoms with E-state index in [9.17, 15) is 71.6 Å². The largest absolute Gasteiger partial charge is 0.480 e. The Hall–Kier alpha value is -5.11. The third kappa shape index (κ3) is 10.1. The summed E-state index contributed by atoms with van der Waals surface area (Å²) in [6.45, 7) is -1.66. The van der Waals surface area contributed by atoms with Gasteiger partial charge < -0.3 is 23.7 Å². The lowest BCUT2D eigenvalue weighted by molar-refractivity contribution is -0.137. The fourth-order valence-corrected chi connectivity index (χ4v) is 12.2. The average Bonchev–Trinajstić information content (AvgIpc) is 3.96. The lowest BCUT2D eigenvalue weighted by Gasteiger charge is -2.20. The molecule has 1 atom stereocenters. The summed E-state index contributed by atoms with van der Waals surface area (Å²) in [7, 11) is -18.1. The van der Waals surface area contributed by atoms with Crippen LogP contribution in [0.4, 0.5) is 5.69 Å². The van der Waals surface area contributed by atoms with Gasteiger partial charge in [-0.3, -0.25) is 46.9 Å². The number of fused-ring (bicyclic) bond motifs is 1. The van der Waals surface area contributed by atoms with Crippen LogP contribution in [0, 0.1) is 10.9 Å². The number of hydrogen-bond acceptors (Lipinski definition) is 17. The first-order chi connectivity index (χ1) is 30.6. The zero-order valence-electron chi connectivity index (χ0n) is 33.6. The van der Waals surface area contributed by atoms with Crippen molar-refractivity contribution in [2.24, 2.45) is 0 Å². The Bertz CT molecular complexity index is 3640. The molecule has 3 aliphatic heterocycles. The molecular formula is C36H34ClN5O18S6. The molecule has 23 nitrogen and oxygen atoms in total. The molecule has 0 radical (unpaired) electrons. The maximum atomic E-state index is 14.9. The minimum atomic E-state index is -4.85. The molecule has 0 aliphatic carbocycles. The van der Waals surface area contributed by atoms with Gasteiger partial charge in [0.05, 0.1) is 46.2 Å². The number of thiocarbonyl (C=S) groups is 1. The van der Waals surface area contributed by atoms with Gasteiger partial charge in [-0.2, -0.15) is 25.3 Å². The van der Waals surface area contributed by atoms with Crippen molar-refractivity contribution in [3.05, 3.63) is 108 Å². The van der Waals surface area contributed by atoms with Crippen LogP contribution in [0.5, 0.6) is 5.75 Å². The predicted octanol–water partition coefficient (Wildman–Crippen LogP) is -0.109. The first kappa shape index (κ1) is 48.8. The van der Waals surface area contributed by atoms with Gasteiger partial charge in [0, 0.05) is 24.2 Å². The van der Waals surface area contributed by atoms with Crippen molar-refractivity contribution in [2.45, 2.75) is 43.9 Å². The molecule has 3 aliphatic rings. The van der Waals surface area contributed by atoms with E-state index in [1.54, 1.807) is 0 Å². The summed E-state index contributed by atoms with van der Waals surface area (Å²) >= 11 is 12.0. The number of rotatable bonds is 13. The minimum Gasteiger partial charge on any atom is -0.480 e. The smallest absolute Gasteiger partial charge is 0.323 e. The standard InChI is InChI=1S/C36H34ClN5O18S6/c1-19(14-26-40(23-15-21(37)6-7-24(23)59-26)16-20-4-2-3-5-25(20)66(56,57)58)28-32(45)42(22-8-11-63(48,49)18-22)31(41(28)17-27(43)44)29-33(46)38(9-12-64(50,51)52)35(60-29)30-34(47)39(36(61)62-30)10-13-65(53,54)55/h2-7,14-15,22H,8-13,16-18H2,1H3,(H,43,44)(H,50,51,52)(H,53,54,55)(H,56,57,58)/b26-14-,28-19+,31-29-,35-30+. The second-order valence-corrected chi connectivity index (χ2v) is 23.7. The van der Waals surface area contributed by atoms with Crippen molar-refractivity contribution >= 4 is 108 Å². The normalized spacial score (nSPS) is 20.0. The molecule has 1 unspecified atom stereocenters. The van der Waals surface area contributed by atoms with E-state index in [1.165, 1.54) is 54.3 Å². The molecule has 354 valence electrons. The van der Waals surface area contributed by atoms with E-state index in [2.05, 4.69) is 0 Å². The van der Waals surface area contributed by atoms with E-state index in [0.29, 0.717) is 22.0 Å². The number of aromatic nitrogens is 3. The van der Waals surface area contributed by atoms with Gasteiger partial charge >= 0.3 is 5.97 Å². The predicted molar refractivity (Wildman–Crippen MR) is 238 cm³/mol. The van der Waals surface area contributed by atoms with E-state index >= 15 is 0 Å². The summed E-state index contributed by atoms with van der Waals surface area (Å²) < 4.78 is 141. The van der Waals surface area contributed by atoms with Crippen molar-refractivity contribution in [3.63, 3.8) is 0 Å². The molecule has 0 saturated carbocycles. The highest BCUT2D eigenvalue weighted by molar-refractivity contribution is 8.30. The van der Waals surface area contributed by atoms with Gasteiger partial charge in [-0.1, -0.05) is 42.0 Å². The Morgan fingerprint density at radius 2 is 1.62 bits per heavy atom. The highest BCUT2D eigenvalue weighted by Crippen LogP contribution is 2.42. The summed E-state index contributed by atoms with van der Waals surface area (Å²) in [5.74, 6) is -5.82. The molecular weight excluding hydrogens is 1020 g/mol. The summed E-state index contributed by atoms with van der Waals surface area (Å²) in [6.07, 6.45) is 1.04. The van der Waals surface area contributed by atoms with Crippen LogP contribution in [-0.2, 0) is 69.4 Å². The van der Waals surface area contributed by atoms with E-state index in [0.717, 1.165) is 20.1 Å². The van der Waals surface area contributed by atoms with Crippen LogP contribution < -0.4 is 31.7 Å². The van der Waals surface area contributed by atoms with Crippen molar-refractivity contribution in [2.75, 3.05) is 34.5 Å². The van der Waals surface area contributed by atoms with E-state index in [-0.39, 0.29) is 45.1 Å². The van der Waals surface area contributed by atoms with Gasteiger partial charge in [0.1, 0.15) is 21.1 Å². The Morgan fingerprint density at radius 3 is 2.24 bits per heavy atom. The van der Waals surface area contributed by atoms with Gasteiger partial charge in [-0.15, -0.1) is 0 Å². The maximum Gasteiger partial charge on any atom is 0.323 e. The molecule has 5 heterocycles. The van der Waals surface area contributed by atoms with Crippen LogP contribution in [-0.4, -0.2) is 117 Å². The third-order valence-corrected chi connectivity index (χ3v) is 16.1. The number of carbonyl (C=O) groups is 2. The molecule has 4 aromatic rings. The number of hydrogen-bond donors (Lipinski definition) is 4. The Kier molecular flexibility index (Phi) is 13.2. The summed E-state index contributed by atoms with van der Waals surface area (Å²) in [5.41, 5.74) is -4.33. The molecule has 1 amide bonds. The molecule has 66 heavy (non-hydrogen) atoms. The number of ether oxygens (including phenoxy) is 1. The number of nitrogens with zero attached hydrogens (tertiary/aromatic N) is 5. The lowest BCUT2D eigenvalue weighted by atomic mass is 10.2. The summed E-state index contributed by atoms with van der Waals surface area (Å²) in [4.78, 5) is 57.0. The van der Waals surface area contributed by atoms with Gasteiger partial charge in [-0.05, 0) is 60.5 Å². The number of carbonyl (C=O) groups excluding carboxylic acids is 1.